The summed E-state index contributed by atoms with van der Waals surface area (Å²) in [5.74, 6) is 6.14. The molecule has 0 atom stereocenters. The van der Waals surface area contributed by atoms with E-state index < -0.39 is 0 Å². The molecule has 0 aromatic heterocycles. The van der Waals surface area contributed by atoms with Crippen molar-refractivity contribution in [2.24, 2.45) is 10.8 Å². The van der Waals surface area contributed by atoms with E-state index in [1.165, 1.54) is 16.7 Å². The maximum Gasteiger partial charge on any atom is 0.212 e. The van der Waals surface area contributed by atoms with Gasteiger partial charge in [0.05, 0.1) is 0 Å². The van der Waals surface area contributed by atoms with Crippen LogP contribution in [-0.2, 0) is 0 Å². The molecule has 0 saturated carbocycles. The first-order chi connectivity index (χ1) is 7.45. The summed E-state index contributed by atoms with van der Waals surface area (Å²) in [6.07, 6.45) is 1.95. The third-order valence-electron chi connectivity index (χ3n) is 2.98. The molecule has 1 aliphatic carbocycles. The molecule has 0 saturated heterocycles. The Kier molecular flexibility index (Phi) is 4.12. The lowest BCUT2D eigenvalue weighted by Gasteiger charge is -2.20. The van der Waals surface area contributed by atoms with Crippen LogP contribution in [0, 0.1) is 0 Å². The van der Waals surface area contributed by atoms with Crippen molar-refractivity contribution in [3.05, 3.63) is 22.4 Å². The van der Waals surface area contributed by atoms with Crippen molar-refractivity contribution >= 4 is 5.96 Å². The van der Waals surface area contributed by atoms with Gasteiger partial charge in [-0.25, -0.2) is 10.8 Å². The van der Waals surface area contributed by atoms with Gasteiger partial charge in [-0.15, -0.1) is 0 Å². The Morgan fingerprint density at radius 1 is 1.12 bits per heavy atom. The van der Waals surface area contributed by atoms with Gasteiger partial charge in [-0.1, -0.05) is 11.1 Å². The Bertz CT molecular complexity index is 361. The fourth-order valence-electron chi connectivity index (χ4n) is 1.73. The number of nitrogens with zero attached hydrogens (tertiary/aromatic N) is 2. The second-order valence-electron chi connectivity index (χ2n) is 4.62. The van der Waals surface area contributed by atoms with E-state index in [1.807, 2.05) is 19.0 Å². The van der Waals surface area contributed by atoms with Crippen molar-refractivity contribution in [2.45, 2.75) is 33.6 Å². The molecule has 4 heteroatoms. The standard InChI is InChI=1S/C12H22N4/c1-8-6-10(3)11(7-9(8)2)14-12(15-13)16(4)5/h6-7,13H2,1-5H3,(H,14,15). The summed E-state index contributed by atoms with van der Waals surface area (Å²) in [7, 11) is 3.84. The lowest BCUT2D eigenvalue weighted by Crippen LogP contribution is -2.40. The molecule has 0 aromatic rings. The van der Waals surface area contributed by atoms with E-state index in [-0.39, 0.29) is 0 Å². The third kappa shape index (κ3) is 2.85. The monoisotopic (exact) mass is 222 g/mol. The Morgan fingerprint density at radius 3 is 2.19 bits per heavy atom. The molecule has 4 nitrogen and oxygen atoms in total. The lowest BCUT2D eigenvalue weighted by molar-refractivity contribution is 0.587. The van der Waals surface area contributed by atoms with Crippen molar-refractivity contribution in [2.75, 3.05) is 14.1 Å². The summed E-state index contributed by atoms with van der Waals surface area (Å²) in [4.78, 5) is 6.45. The summed E-state index contributed by atoms with van der Waals surface area (Å²) in [5, 5.41) is 0. The van der Waals surface area contributed by atoms with E-state index in [4.69, 9.17) is 5.84 Å². The number of allylic oxidation sites excluding steroid dienone is 3. The van der Waals surface area contributed by atoms with E-state index in [0.717, 1.165) is 18.5 Å². The summed E-state index contributed by atoms with van der Waals surface area (Å²) >= 11 is 0. The fourth-order valence-corrected chi connectivity index (χ4v) is 1.73. The minimum atomic E-state index is 0.696. The highest BCUT2D eigenvalue weighted by Crippen LogP contribution is 2.29. The predicted molar refractivity (Wildman–Crippen MR) is 68.8 cm³/mol. The summed E-state index contributed by atoms with van der Waals surface area (Å²) in [6, 6.07) is 0. The molecule has 1 rings (SSSR count). The highest BCUT2D eigenvalue weighted by Gasteiger charge is 2.13. The Hall–Kier alpha value is -1.29. The first-order valence-corrected chi connectivity index (χ1v) is 5.52. The van der Waals surface area contributed by atoms with Gasteiger partial charge in [0.15, 0.2) is 0 Å². The largest absolute Gasteiger partial charge is 0.348 e. The van der Waals surface area contributed by atoms with Crippen LogP contribution in [0.2, 0.25) is 0 Å². The lowest BCUT2D eigenvalue weighted by atomic mass is 9.92. The molecule has 0 bridgehead atoms. The van der Waals surface area contributed by atoms with Crippen molar-refractivity contribution in [3.8, 4) is 0 Å². The molecule has 90 valence electrons. The number of aliphatic imine (C=N–C) groups is 1. The number of rotatable bonds is 1. The minimum absolute atomic E-state index is 0.696. The van der Waals surface area contributed by atoms with Crippen LogP contribution in [0.3, 0.4) is 0 Å². The van der Waals surface area contributed by atoms with Gasteiger partial charge in [-0.2, -0.15) is 0 Å². The van der Waals surface area contributed by atoms with E-state index in [2.05, 4.69) is 31.2 Å². The Morgan fingerprint density at radius 2 is 1.69 bits per heavy atom. The van der Waals surface area contributed by atoms with Crippen LogP contribution in [0.1, 0.15) is 33.6 Å². The topological polar surface area (TPSA) is 53.6 Å². The number of hydrogen-bond acceptors (Lipinski definition) is 2. The zero-order valence-corrected chi connectivity index (χ0v) is 10.9. The summed E-state index contributed by atoms with van der Waals surface area (Å²) in [5.41, 5.74) is 7.96. The number of nitrogens with one attached hydrogen (secondary N) is 1. The number of nitrogens with two attached hydrogens (primary N) is 1. The Balaban J connectivity index is 2.94. The van der Waals surface area contributed by atoms with Crippen LogP contribution in [-0.4, -0.2) is 25.0 Å². The first kappa shape index (κ1) is 12.8. The van der Waals surface area contributed by atoms with Gasteiger partial charge in [0, 0.05) is 26.2 Å². The van der Waals surface area contributed by atoms with Gasteiger partial charge < -0.3 is 4.90 Å². The quantitative estimate of drug-likeness (QED) is 0.234. The van der Waals surface area contributed by atoms with Crippen LogP contribution >= 0.6 is 0 Å². The van der Waals surface area contributed by atoms with Gasteiger partial charge in [-0.3, -0.25) is 5.43 Å². The van der Waals surface area contributed by atoms with E-state index in [9.17, 15) is 0 Å². The first-order valence-electron chi connectivity index (χ1n) is 5.52. The third-order valence-corrected chi connectivity index (χ3v) is 2.98. The summed E-state index contributed by atoms with van der Waals surface area (Å²) in [6.45, 7) is 6.49. The smallest absolute Gasteiger partial charge is 0.212 e. The second-order valence-corrected chi connectivity index (χ2v) is 4.62. The molecule has 0 heterocycles. The average Bonchev–Trinajstić information content (AvgIpc) is 2.21. The molecule has 0 aromatic carbocycles. The molecule has 0 aliphatic heterocycles. The molecular weight excluding hydrogens is 200 g/mol. The van der Waals surface area contributed by atoms with Crippen LogP contribution in [0.5, 0.6) is 0 Å². The maximum absolute atomic E-state index is 5.44. The molecule has 0 amide bonds. The predicted octanol–water partition coefficient (Wildman–Crippen LogP) is 1.77. The van der Waals surface area contributed by atoms with E-state index in [1.54, 1.807) is 0 Å². The van der Waals surface area contributed by atoms with Crippen molar-refractivity contribution in [3.63, 3.8) is 0 Å². The normalized spacial score (nSPS) is 18.0. The summed E-state index contributed by atoms with van der Waals surface area (Å²) < 4.78 is 0. The van der Waals surface area contributed by atoms with Gasteiger partial charge >= 0.3 is 0 Å². The second kappa shape index (κ2) is 5.16. The van der Waals surface area contributed by atoms with E-state index in [0.29, 0.717) is 5.96 Å². The SMILES string of the molecule is CC1=C(C)CC(N=C(NN)N(C)C)=C(C)C1. The molecule has 16 heavy (non-hydrogen) atoms. The average molecular weight is 222 g/mol. The van der Waals surface area contributed by atoms with Crippen LogP contribution in [0.4, 0.5) is 0 Å². The van der Waals surface area contributed by atoms with Gasteiger partial charge in [0.1, 0.15) is 0 Å². The number of hydrogen-bond donors (Lipinski definition) is 2. The van der Waals surface area contributed by atoms with Gasteiger partial charge in [0.25, 0.3) is 0 Å². The zero-order chi connectivity index (χ0) is 12.3. The van der Waals surface area contributed by atoms with E-state index >= 15 is 0 Å². The molecule has 0 spiro atoms. The molecule has 3 N–H and O–H groups in total. The molecule has 1 aliphatic rings. The Labute approximate surface area is 97.9 Å². The van der Waals surface area contributed by atoms with Gasteiger partial charge in [0.2, 0.25) is 5.96 Å². The maximum atomic E-state index is 5.44. The zero-order valence-electron chi connectivity index (χ0n) is 10.9. The molecule has 0 unspecified atom stereocenters. The van der Waals surface area contributed by atoms with Crippen molar-refractivity contribution in [1.82, 2.24) is 10.3 Å². The highest BCUT2D eigenvalue weighted by atomic mass is 15.4. The number of guanidine groups is 1. The molecular formula is C12H22N4. The van der Waals surface area contributed by atoms with Crippen molar-refractivity contribution in [1.29, 1.82) is 0 Å². The molecule has 0 fully saturated rings. The van der Waals surface area contributed by atoms with Crippen LogP contribution in [0.25, 0.3) is 0 Å². The van der Waals surface area contributed by atoms with Crippen LogP contribution < -0.4 is 11.3 Å². The van der Waals surface area contributed by atoms with Gasteiger partial charge in [-0.05, 0) is 32.8 Å². The van der Waals surface area contributed by atoms with Crippen LogP contribution in [0.15, 0.2) is 27.4 Å². The fraction of sp³-hybridized carbons (Fsp3) is 0.583. The highest BCUT2D eigenvalue weighted by molar-refractivity contribution is 5.80. The minimum Gasteiger partial charge on any atom is -0.348 e. The van der Waals surface area contributed by atoms with Crippen molar-refractivity contribution < 1.29 is 0 Å². The molecule has 0 radical (unpaired) electrons. The number of hydrazine groups is 1.